The lowest BCUT2D eigenvalue weighted by molar-refractivity contribution is -0.124. The van der Waals surface area contributed by atoms with Crippen LogP contribution in [-0.4, -0.2) is 18.0 Å². The van der Waals surface area contributed by atoms with Gasteiger partial charge in [-0.15, -0.1) is 0 Å². The summed E-state index contributed by atoms with van der Waals surface area (Å²) in [6.07, 6.45) is 1.52. The molecule has 5 nitrogen and oxygen atoms in total. The van der Waals surface area contributed by atoms with Gasteiger partial charge in [0.15, 0.2) is 0 Å². The topological polar surface area (TPSA) is 70.6 Å². The molecule has 142 valence electrons. The standard InChI is InChI=1S/C20H21Cl2N3O2/c1-12-8-13(2)20(14(3)9-12)24-18(26)6-7-19(27)25-23-11-15-4-5-16(21)10-17(15)22/h4-5,8-11H,6-7H2,1-3H3,(H,24,26)(H,25,27)/b23-11+. The number of aryl methyl sites for hydroxylation is 3. The molecule has 0 bridgehead atoms. The fraction of sp³-hybridized carbons (Fsp3) is 0.250. The Kier molecular flexibility index (Phi) is 7.39. The third-order valence-corrected chi connectivity index (χ3v) is 4.44. The van der Waals surface area contributed by atoms with Gasteiger partial charge in [0.25, 0.3) is 0 Å². The molecule has 2 amide bonds. The molecule has 7 heteroatoms. The van der Waals surface area contributed by atoms with E-state index in [4.69, 9.17) is 23.2 Å². The van der Waals surface area contributed by atoms with Crippen molar-refractivity contribution in [1.29, 1.82) is 0 Å². The van der Waals surface area contributed by atoms with E-state index in [-0.39, 0.29) is 24.7 Å². The van der Waals surface area contributed by atoms with Gasteiger partial charge < -0.3 is 5.32 Å². The molecular formula is C20H21Cl2N3O2. The molecule has 0 radical (unpaired) electrons. The number of anilines is 1. The normalized spacial score (nSPS) is 10.9. The zero-order valence-corrected chi connectivity index (χ0v) is 16.9. The van der Waals surface area contributed by atoms with Crippen LogP contribution in [0.4, 0.5) is 5.69 Å². The van der Waals surface area contributed by atoms with E-state index in [9.17, 15) is 9.59 Å². The summed E-state index contributed by atoms with van der Waals surface area (Å²) >= 11 is 11.8. The van der Waals surface area contributed by atoms with E-state index in [1.165, 1.54) is 6.21 Å². The number of benzene rings is 2. The maximum atomic E-state index is 12.1. The van der Waals surface area contributed by atoms with E-state index in [1.807, 2.05) is 32.9 Å². The lowest BCUT2D eigenvalue weighted by atomic mass is 10.0. The largest absolute Gasteiger partial charge is 0.326 e. The summed E-state index contributed by atoms with van der Waals surface area (Å²) in [6.45, 7) is 5.89. The van der Waals surface area contributed by atoms with E-state index in [2.05, 4.69) is 15.8 Å². The van der Waals surface area contributed by atoms with E-state index in [0.717, 1.165) is 22.4 Å². The van der Waals surface area contributed by atoms with Crippen LogP contribution in [0.5, 0.6) is 0 Å². The number of amides is 2. The summed E-state index contributed by atoms with van der Waals surface area (Å²) in [5.41, 5.74) is 6.93. The average molecular weight is 406 g/mol. The van der Waals surface area contributed by atoms with Gasteiger partial charge in [0.2, 0.25) is 11.8 Å². The van der Waals surface area contributed by atoms with E-state index < -0.39 is 0 Å². The summed E-state index contributed by atoms with van der Waals surface area (Å²) in [5.74, 6) is -0.575. The molecule has 0 spiro atoms. The number of hydrogen-bond donors (Lipinski definition) is 2. The van der Waals surface area contributed by atoms with Gasteiger partial charge in [-0.2, -0.15) is 5.10 Å². The number of halogens is 2. The van der Waals surface area contributed by atoms with E-state index in [0.29, 0.717) is 15.6 Å². The monoisotopic (exact) mass is 405 g/mol. The maximum absolute atomic E-state index is 12.1. The summed E-state index contributed by atoms with van der Waals surface area (Å²) < 4.78 is 0. The summed E-state index contributed by atoms with van der Waals surface area (Å²) in [6, 6.07) is 8.97. The van der Waals surface area contributed by atoms with Gasteiger partial charge in [-0.3, -0.25) is 9.59 Å². The predicted octanol–water partition coefficient (Wildman–Crippen LogP) is 4.79. The Hall–Kier alpha value is -2.37. The van der Waals surface area contributed by atoms with E-state index >= 15 is 0 Å². The minimum Gasteiger partial charge on any atom is -0.326 e. The summed E-state index contributed by atoms with van der Waals surface area (Å²) in [7, 11) is 0. The molecule has 0 heterocycles. The maximum Gasteiger partial charge on any atom is 0.240 e. The van der Waals surface area contributed by atoms with Crippen LogP contribution in [0.3, 0.4) is 0 Å². The number of carbonyl (C=O) groups is 2. The number of rotatable bonds is 6. The minimum absolute atomic E-state index is 0.0292. The number of hydrazone groups is 1. The van der Waals surface area contributed by atoms with Gasteiger partial charge in [0, 0.05) is 29.1 Å². The van der Waals surface area contributed by atoms with Crippen LogP contribution in [0.25, 0.3) is 0 Å². The zero-order valence-electron chi connectivity index (χ0n) is 15.4. The van der Waals surface area contributed by atoms with Crippen molar-refractivity contribution in [2.75, 3.05) is 5.32 Å². The van der Waals surface area contributed by atoms with Crippen LogP contribution in [0.1, 0.15) is 35.1 Å². The van der Waals surface area contributed by atoms with Crippen LogP contribution in [0.15, 0.2) is 35.4 Å². The van der Waals surface area contributed by atoms with Crippen molar-refractivity contribution < 1.29 is 9.59 Å². The van der Waals surface area contributed by atoms with Crippen LogP contribution in [0, 0.1) is 20.8 Å². The Labute approximate surface area is 168 Å². The first kappa shape index (κ1) is 20.9. The SMILES string of the molecule is Cc1cc(C)c(NC(=O)CCC(=O)N/N=C/c2ccc(Cl)cc2Cl)c(C)c1. The van der Waals surface area contributed by atoms with Crippen molar-refractivity contribution >= 4 is 46.9 Å². The first-order valence-electron chi connectivity index (χ1n) is 8.41. The smallest absolute Gasteiger partial charge is 0.240 e. The second kappa shape index (κ2) is 9.53. The van der Waals surface area contributed by atoms with Crippen molar-refractivity contribution in [2.24, 2.45) is 5.10 Å². The molecule has 0 saturated heterocycles. The molecule has 2 aromatic carbocycles. The third kappa shape index (κ3) is 6.38. The number of carbonyl (C=O) groups excluding carboxylic acids is 2. The number of nitrogens with zero attached hydrogens (tertiary/aromatic N) is 1. The minimum atomic E-state index is -0.358. The van der Waals surface area contributed by atoms with Gasteiger partial charge in [0.1, 0.15) is 0 Å². The molecule has 0 fully saturated rings. The lowest BCUT2D eigenvalue weighted by Crippen LogP contribution is -2.21. The molecule has 27 heavy (non-hydrogen) atoms. The van der Waals surface area contributed by atoms with Crippen LogP contribution in [-0.2, 0) is 9.59 Å². The van der Waals surface area contributed by atoms with Crippen molar-refractivity contribution in [3.63, 3.8) is 0 Å². The summed E-state index contributed by atoms with van der Waals surface area (Å²) in [4.78, 5) is 24.0. The molecule has 2 rings (SSSR count). The lowest BCUT2D eigenvalue weighted by Gasteiger charge is -2.12. The van der Waals surface area contributed by atoms with Crippen LogP contribution < -0.4 is 10.7 Å². The highest BCUT2D eigenvalue weighted by Crippen LogP contribution is 2.22. The first-order chi connectivity index (χ1) is 12.8. The Morgan fingerprint density at radius 3 is 2.26 bits per heavy atom. The zero-order chi connectivity index (χ0) is 20.0. The van der Waals surface area contributed by atoms with Crippen molar-refractivity contribution in [1.82, 2.24) is 5.43 Å². The highest BCUT2D eigenvalue weighted by molar-refractivity contribution is 6.36. The van der Waals surface area contributed by atoms with Gasteiger partial charge in [-0.05, 0) is 44.0 Å². The molecule has 0 aliphatic carbocycles. The van der Waals surface area contributed by atoms with Crippen molar-refractivity contribution in [3.8, 4) is 0 Å². The van der Waals surface area contributed by atoms with Crippen LogP contribution in [0.2, 0.25) is 10.0 Å². The molecular weight excluding hydrogens is 385 g/mol. The van der Waals surface area contributed by atoms with Gasteiger partial charge in [-0.1, -0.05) is 47.0 Å². The van der Waals surface area contributed by atoms with E-state index in [1.54, 1.807) is 18.2 Å². The number of hydrogen-bond acceptors (Lipinski definition) is 3. The first-order valence-corrected chi connectivity index (χ1v) is 9.16. The molecule has 0 saturated carbocycles. The second-order valence-corrected chi connectivity index (χ2v) is 7.12. The fourth-order valence-corrected chi connectivity index (χ4v) is 3.10. The van der Waals surface area contributed by atoms with Gasteiger partial charge >= 0.3 is 0 Å². The fourth-order valence-electron chi connectivity index (χ4n) is 2.64. The predicted molar refractivity (Wildman–Crippen MR) is 111 cm³/mol. The quantitative estimate of drug-likeness (QED) is 0.535. The van der Waals surface area contributed by atoms with Crippen molar-refractivity contribution in [3.05, 3.63) is 62.6 Å². The molecule has 0 unspecified atom stereocenters. The molecule has 0 atom stereocenters. The Morgan fingerprint density at radius 1 is 1.00 bits per heavy atom. The van der Waals surface area contributed by atoms with Gasteiger partial charge in [0.05, 0.1) is 11.2 Å². The highest BCUT2D eigenvalue weighted by atomic mass is 35.5. The highest BCUT2D eigenvalue weighted by Gasteiger charge is 2.10. The Balaban J connectivity index is 1.83. The molecule has 2 aromatic rings. The Morgan fingerprint density at radius 2 is 1.63 bits per heavy atom. The molecule has 0 aliphatic rings. The number of nitrogens with one attached hydrogen (secondary N) is 2. The molecule has 0 aliphatic heterocycles. The van der Waals surface area contributed by atoms with Crippen LogP contribution >= 0.6 is 23.2 Å². The average Bonchev–Trinajstić information content (AvgIpc) is 2.58. The molecule has 0 aromatic heterocycles. The third-order valence-electron chi connectivity index (χ3n) is 3.88. The molecule has 2 N–H and O–H groups in total. The second-order valence-electron chi connectivity index (χ2n) is 6.28. The van der Waals surface area contributed by atoms with Crippen molar-refractivity contribution in [2.45, 2.75) is 33.6 Å². The van der Waals surface area contributed by atoms with Gasteiger partial charge in [-0.25, -0.2) is 5.43 Å². The Bertz CT molecular complexity index is 872. The summed E-state index contributed by atoms with van der Waals surface area (Å²) in [5, 5.41) is 7.67.